The largest absolute Gasteiger partial charge is 0.402 e. The van der Waals surface area contributed by atoms with E-state index in [9.17, 15) is 4.79 Å². The van der Waals surface area contributed by atoms with Crippen LogP contribution in [0.3, 0.4) is 0 Å². The van der Waals surface area contributed by atoms with Gasteiger partial charge in [-0.25, -0.2) is 9.79 Å². The number of hydrogen-bond acceptors (Lipinski definition) is 3. The van der Waals surface area contributed by atoms with Crippen molar-refractivity contribution in [3.8, 4) is 0 Å². The number of hydrogen-bond donors (Lipinski definition) is 0. The number of carbonyl (C=O) groups excluding carboxylic acids is 1. The van der Waals surface area contributed by atoms with Gasteiger partial charge in [0.15, 0.2) is 5.70 Å². The van der Waals surface area contributed by atoms with E-state index in [1.165, 1.54) is 0 Å². The van der Waals surface area contributed by atoms with Crippen LogP contribution in [-0.4, -0.2) is 11.9 Å². The third-order valence-corrected chi connectivity index (χ3v) is 3.03. The second kappa shape index (κ2) is 5.31. The molecule has 1 heterocycles. The second-order valence-corrected chi connectivity index (χ2v) is 4.69. The summed E-state index contributed by atoms with van der Waals surface area (Å²) in [5.74, 6) is -0.132. The molecule has 0 saturated carbocycles. The number of nitrogens with zero attached hydrogens (tertiary/aromatic N) is 1. The molecule has 0 radical (unpaired) electrons. The predicted octanol–water partition coefficient (Wildman–Crippen LogP) is 3.68. The van der Waals surface area contributed by atoms with Gasteiger partial charge in [-0.15, -0.1) is 0 Å². The van der Waals surface area contributed by atoms with Crippen molar-refractivity contribution < 1.29 is 9.53 Å². The minimum Gasteiger partial charge on any atom is -0.402 e. The van der Waals surface area contributed by atoms with Gasteiger partial charge in [0, 0.05) is 10.6 Å². The quantitative estimate of drug-likeness (QED) is 0.623. The zero-order valence-corrected chi connectivity index (χ0v) is 11.2. The predicted molar refractivity (Wildman–Crippen MR) is 78.5 cm³/mol. The highest BCUT2D eigenvalue weighted by molar-refractivity contribution is 6.30. The summed E-state index contributed by atoms with van der Waals surface area (Å²) < 4.78 is 5.17. The van der Waals surface area contributed by atoms with E-state index >= 15 is 0 Å². The molecule has 98 valence electrons. The van der Waals surface area contributed by atoms with Crippen molar-refractivity contribution in [2.75, 3.05) is 0 Å². The van der Waals surface area contributed by atoms with Gasteiger partial charge in [0.2, 0.25) is 5.90 Å². The van der Waals surface area contributed by atoms with E-state index in [0.29, 0.717) is 10.9 Å². The molecule has 2 aromatic rings. The fourth-order valence-electron chi connectivity index (χ4n) is 1.87. The highest BCUT2D eigenvalue weighted by atomic mass is 35.5. The van der Waals surface area contributed by atoms with Gasteiger partial charge in [-0.3, -0.25) is 0 Å². The number of esters is 1. The lowest BCUT2D eigenvalue weighted by molar-refractivity contribution is -0.129. The summed E-state index contributed by atoms with van der Waals surface area (Å²) in [5.41, 5.74) is 1.85. The molecule has 0 fully saturated rings. The number of benzene rings is 2. The molecule has 0 N–H and O–H groups in total. The van der Waals surface area contributed by atoms with E-state index in [1.54, 1.807) is 18.2 Å². The first-order valence-corrected chi connectivity index (χ1v) is 6.44. The monoisotopic (exact) mass is 283 g/mol. The van der Waals surface area contributed by atoms with Crippen LogP contribution in [0.4, 0.5) is 0 Å². The fourth-order valence-corrected chi connectivity index (χ4v) is 2.07. The van der Waals surface area contributed by atoms with E-state index in [4.69, 9.17) is 16.3 Å². The first-order valence-electron chi connectivity index (χ1n) is 6.06. The molecule has 3 rings (SSSR count). The molecule has 1 aliphatic heterocycles. The lowest BCUT2D eigenvalue weighted by atomic mass is 10.2. The van der Waals surface area contributed by atoms with Crippen molar-refractivity contribution in [1.82, 2.24) is 0 Å². The molecule has 3 nitrogen and oxygen atoms in total. The Kier molecular flexibility index (Phi) is 3.35. The summed E-state index contributed by atoms with van der Waals surface area (Å²) in [6.45, 7) is 0. The summed E-state index contributed by atoms with van der Waals surface area (Å²) in [4.78, 5) is 16.0. The molecule has 2 aromatic carbocycles. The lowest BCUT2D eigenvalue weighted by Crippen LogP contribution is -2.04. The molecule has 1 aliphatic rings. The molecule has 0 spiro atoms. The van der Waals surface area contributed by atoms with Crippen LogP contribution in [0.15, 0.2) is 65.3 Å². The smallest absolute Gasteiger partial charge is 0.363 e. The summed E-state index contributed by atoms with van der Waals surface area (Å²) >= 11 is 5.91. The standard InChI is InChI=1S/C16H10ClNO2/c17-13-8-4-5-11(9-13)10-14-16(19)20-15(18-14)12-6-2-1-3-7-12/h1-10H. The molecule has 0 atom stereocenters. The average Bonchev–Trinajstić information content (AvgIpc) is 2.81. The van der Waals surface area contributed by atoms with Gasteiger partial charge in [0.1, 0.15) is 0 Å². The normalized spacial score (nSPS) is 16.1. The molecular weight excluding hydrogens is 274 g/mol. The Bertz CT molecular complexity index is 720. The first-order chi connectivity index (χ1) is 9.72. The third kappa shape index (κ3) is 2.63. The zero-order valence-electron chi connectivity index (χ0n) is 10.4. The summed E-state index contributed by atoms with van der Waals surface area (Å²) in [6.07, 6.45) is 1.66. The van der Waals surface area contributed by atoms with Crippen LogP contribution in [0.2, 0.25) is 5.02 Å². The Labute approximate surface area is 121 Å². The van der Waals surface area contributed by atoms with Crippen molar-refractivity contribution in [2.45, 2.75) is 0 Å². The maximum absolute atomic E-state index is 11.8. The molecule has 0 bridgehead atoms. The van der Waals surface area contributed by atoms with Crippen LogP contribution >= 0.6 is 11.6 Å². The van der Waals surface area contributed by atoms with Crippen LogP contribution in [0.5, 0.6) is 0 Å². The SMILES string of the molecule is O=C1OC(c2ccccc2)=NC1=Cc1cccc(Cl)c1. The maximum Gasteiger partial charge on any atom is 0.363 e. The Morgan fingerprint density at radius 2 is 1.85 bits per heavy atom. The van der Waals surface area contributed by atoms with Gasteiger partial charge < -0.3 is 4.74 Å². The zero-order chi connectivity index (χ0) is 13.9. The number of aliphatic imine (C=N–C) groups is 1. The Balaban J connectivity index is 1.95. The highest BCUT2D eigenvalue weighted by Crippen LogP contribution is 2.20. The van der Waals surface area contributed by atoms with Crippen LogP contribution in [-0.2, 0) is 9.53 Å². The maximum atomic E-state index is 11.8. The van der Waals surface area contributed by atoms with E-state index in [-0.39, 0.29) is 5.70 Å². The Morgan fingerprint density at radius 1 is 1.05 bits per heavy atom. The van der Waals surface area contributed by atoms with Gasteiger partial charge in [0.05, 0.1) is 0 Å². The van der Waals surface area contributed by atoms with E-state index < -0.39 is 5.97 Å². The Morgan fingerprint density at radius 3 is 2.60 bits per heavy atom. The van der Waals surface area contributed by atoms with Gasteiger partial charge in [0.25, 0.3) is 0 Å². The van der Waals surface area contributed by atoms with Crippen molar-refractivity contribution in [2.24, 2.45) is 4.99 Å². The fraction of sp³-hybridized carbons (Fsp3) is 0. The molecule has 0 aliphatic carbocycles. The van der Waals surface area contributed by atoms with Gasteiger partial charge in [-0.2, -0.15) is 0 Å². The van der Waals surface area contributed by atoms with Gasteiger partial charge in [-0.05, 0) is 35.9 Å². The van der Waals surface area contributed by atoms with Gasteiger partial charge >= 0.3 is 5.97 Å². The number of halogens is 1. The van der Waals surface area contributed by atoms with Gasteiger partial charge in [-0.1, -0.05) is 41.9 Å². The first kappa shape index (κ1) is 12.6. The van der Waals surface area contributed by atoms with Crippen molar-refractivity contribution in [3.63, 3.8) is 0 Å². The molecule has 0 saturated heterocycles. The number of ether oxygens (including phenoxy) is 1. The Hall–Kier alpha value is -2.39. The number of cyclic esters (lactones) is 1. The summed E-state index contributed by atoms with van der Waals surface area (Å²) in [5, 5.41) is 0.609. The molecule has 0 unspecified atom stereocenters. The molecule has 4 heteroatoms. The van der Waals surface area contributed by atoms with Crippen LogP contribution in [0.1, 0.15) is 11.1 Å². The highest BCUT2D eigenvalue weighted by Gasteiger charge is 2.23. The van der Waals surface area contributed by atoms with Crippen LogP contribution < -0.4 is 0 Å². The van der Waals surface area contributed by atoms with E-state index in [2.05, 4.69) is 4.99 Å². The minimum atomic E-state index is -0.455. The van der Waals surface area contributed by atoms with Crippen LogP contribution in [0.25, 0.3) is 6.08 Å². The number of rotatable bonds is 2. The number of carbonyl (C=O) groups is 1. The summed E-state index contributed by atoms with van der Waals surface area (Å²) in [7, 11) is 0. The second-order valence-electron chi connectivity index (χ2n) is 4.26. The molecule has 20 heavy (non-hydrogen) atoms. The van der Waals surface area contributed by atoms with Crippen LogP contribution in [0, 0.1) is 0 Å². The molecule has 0 aromatic heterocycles. The van der Waals surface area contributed by atoms with Crippen molar-refractivity contribution >= 4 is 29.5 Å². The van der Waals surface area contributed by atoms with Crippen molar-refractivity contribution in [1.29, 1.82) is 0 Å². The summed E-state index contributed by atoms with van der Waals surface area (Å²) in [6, 6.07) is 16.5. The lowest BCUT2D eigenvalue weighted by Gasteiger charge is -1.97. The molecular formula is C16H10ClNO2. The third-order valence-electron chi connectivity index (χ3n) is 2.79. The average molecular weight is 284 g/mol. The minimum absolute atomic E-state index is 0.270. The molecule has 0 amide bonds. The van der Waals surface area contributed by atoms with E-state index in [1.807, 2.05) is 42.5 Å². The van der Waals surface area contributed by atoms with E-state index in [0.717, 1.165) is 11.1 Å². The van der Waals surface area contributed by atoms with Crippen molar-refractivity contribution in [3.05, 3.63) is 76.4 Å². The topological polar surface area (TPSA) is 38.7 Å².